The van der Waals surface area contributed by atoms with Crippen LogP contribution in [-0.4, -0.2) is 79.1 Å². The van der Waals surface area contributed by atoms with Crippen molar-refractivity contribution in [3.8, 4) is 0 Å². The summed E-state index contributed by atoms with van der Waals surface area (Å²) in [5.74, 6) is -0.000523. The molecule has 142 valence electrons. The minimum atomic E-state index is -0.000523. The van der Waals surface area contributed by atoms with E-state index >= 15 is 0 Å². The number of halogens is 2. The van der Waals surface area contributed by atoms with Gasteiger partial charge in [0, 0.05) is 56.2 Å². The lowest BCUT2D eigenvalue weighted by Gasteiger charge is -2.49. The van der Waals surface area contributed by atoms with Gasteiger partial charge >= 0.3 is 0 Å². The quantitative estimate of drug-likeness (QED) is 0.804. The second-order valence-corrected chi connectivity index (χ2v) is 6.68. The number of amides is 1. The largest absolute Gasteiger partial charge is 0.350 e. The van der Waals surface area contributed by atoms with Crippen LogP contribution in [0.1, 0.15) is 23.2 Å². The molecule has 0 spiro atoms. The van der Waals surface area contributed by atoms with Crippen molar-refractivity contribution in [2.75, 3.05) is 52.9 Å². The molecule has 2 saturated heterocycles. The van der Waals surface area contributed by atoms with Gasteiger partial charge in [0.2, 0.25) is 0 Å². The van der Waals surface area contributed by atoms with Crippen LogP contribution in [0, 0.1) is 0 Å². The number of pyridine rings is 1. The summed E-state index contributed by atoms with van der Waals surface area (Å²) in [5, 5.41) is 6.62. The normalized spacial score (nSPS) is 20.8. The summed E-state index contributed by atoms with van der Waals surface area (Å²) >= 11 is 0. The minimum absolute atomic E-state index is 0. The van der Waals surface area contributed by atoms with E-state index in [0.29, 0.717) is 5.56 Å². The van der Waals surface area contributed by atoms with Crippen molar-refractivity contribution in [2.45, 2.75) is 18.4 Å². The Balaban J connectivity index is 0.00000156. The monoisotopic (exact) mass is 389 g/mol. The fourth-order valence-corrected chi connectivity index (χ4v) is 3.63. The van der Waals surface area contributed by atoms with Gasteiger partial charge in [-0.2, -0.15) is 0 Å². The Morgan fingerprint density at radius 3 is 2.36 bits per heavy atom. The van der Waals surface area contributed by atoms with Crippen LogP contribution in [0.4, 0.5) is 0 Å². The number of carbonyl (C=O) groups excluding carboxylic acids is 1. The average molecular weight is 390 g/mol. The molecule has 0 bridgehead atoms. The van der Waals surface area contributed by atoms with Gasteiger partial charge in [0.15, 0.2) is 0 Å². The number of nitrogens with one attached hydrogen (secondary N) is 2. The Morgan fingerprint density at radius 2 is 1.76 bits per heavy atom. The molecule has 0 saturated carbocycles. The number of piperidine rings is 1. The summed E-state index contributed by atoms with van der Waals surface area (Å²) < 4.78 is 0. The fourth-order valence-electron chi connectivity index (χ4n) is 3.63. The predicted molar refractivity (Wildman–Crippen MR) is 105 cm³/mol. The van der Waals surface area contributed by atoms with E-state index in [1.165, 1.54) is 0 Å². The van der Waals surface area contributed by atoms with Gasteiger partial charge in [-0.15, -0.1) is 24.8 Å². The van der Waals surface area contributed by atoms with Crippen molar-refractivity contribution in [1.82, 2.24) is 25.4 Å². The lowest BCUT2D eigenvalue weighted by atomic mass is 9.85. The maximum Gasteiger partial charge on any atom is 0.251 e. The summed E-state index contributed by atoms with van der Waals surface area (Å²) in [7, 11) is 2.18. The number of nitrogens with zero attached hydrogens (tertiary/aromatic N) is 3. The number of hydrogen-bond acceptors (Lipinski definition) is 5. The van der Waals surface area contributed by atoms with E-state index in [2.05, 4.69) is 32.5 Å². The first-order valence-corrected chi connectivity index (χ1v) is 8.52. The highest BCUT2D eigenvalue weighted by molar-refractivity contribution is 5.94. The van der Waals surface area contributed by atoms with Gasteiger partial charge in [0.25, 0.3) is 5.91 Å². The smallest absolute Gasteiger partial charge is 0.251 e. The van der Waals surface area contributed by atoms with E-state index in [4.69, 9.17) is 0 Å². The molecule has 0 aliphatic carbocycles. The van der Waals surface area contributed by atoms with Crippen LogP contribution in [0.5, 0.6) is 0 Å². The zero-order chi connectivity index (χ0) is 16.1. The highest BCUT2D eigenvalue weighted by Gasteiger charge is 2.39. The van der Waals surface area contributed by atoms with E-state index in [0.717, 1.165) is 58.7 Å². The third-order valence-electron chi connectivity index (χ3n) is 5.23. The van der Waals surface area contributed by atoms with Crippen LogP contribution in [0.2, 0.25) is 0 Å². The molecule has 2 aliphatic rings. The van der Waals surface area contributed by atoms with E-state index in [9.17, 15) is 4.79 Å². The van der Waals surface area contributed by atoms with Crippen molar-refractivity contribution >= 4 is 30.7 Å². The van der Waals surface area contributed by atoms with Gasteiger partial charge in [-0.05, 0) is 45.1 Å². The lowest BCUT2D eigenvalue weighted by molar-refractivity contribution is 0.0182. The molecule has 0 radical (unpaired) electrons. The predicted octanol–water partition coefficient (Wildman–Crippen LogP) is 1.02. The van der Waals surface area contributed by atoms with E-state index in [-0.39, 0.29) is 36.3 Å². The maximum absolute atomic E-state index is 12.4. The van der Waals surface area contributed by atoms with Gasteiger partial charge in [0.05, 0.1) is 0 Å². The minimum Gasteiger partial charge on any atom is -0.350 e. The maximum atomic E-state index is 12.4. The van der Waals surface area contributed by atoms with Gasteiger partial charge < -0.3 is 15.5 Å². The molecule has 2 aliphatic heterocycles. The van der Waals surface area contributed by atoms with Crippen molar-refractivity contribution in [3.05, 3.63) is 30.1 Å². The Morgan fingerprint density at radius 1 is 1.16 bits per heavy atom. The zero-order valence-electron chi connectivity index (χ0n) is 14.7. The molecule has 1 aromatic rings. The van der Waals surface area contributed by atoms with E-state index < -0.39 is 0 Å². The Hall–Kier alpha value is -0.920. The molecule has 8 heteroatoms. The van der Waals surface area contributed by atoms with Crippen LogP contribution in [0.3, 0.4) is 0 Å². The first-order valence-electron chi connectivity index (χ1n) is 8.52. The standard InChI is InChI=1S/C17H27N5O.2ClH/c1-21-10-12-22(13-11-21)17(4-8-19-9-5-17)14-20-16(23)15-2-6-18-7-3-15;;/h2-3,6-7,19H,4-5,8-14H2,1H3,(H,20,23);2*1H. The zero-order valence-corrected chi connectivity index (χ0v) is 16.4. The third kappa shape index (κ3) is 5.53. The lowest BCUT2D eigenvalue weighted by Crippen LogP contribution is -2.63. The first kappa shape index (κ1) is 22.1. The van der Waals surface area contributed by atoms with Crippen LogP contribution in [0.25, 0.3) is 0 Å². The van der Waals surface area contributed by atoms with Crippen molar-refractivity contribution in [1.29, 1.82) is 0 Å². The number of hydrogen-bond donors (Lipinski definition) is 2. The molecule has 3 rings (SSSR count). The SMILES string of the molecule is CN1CCN(C2(CNC(=O)c3ccncc3)CCNCC2)CC1.Cl.Cl. The topological polar surface area (TPSA) is 60.5 Å². The van der Waals surface area contributed by atoms with E-state index in [1.807, 2.05) is 0 Å². The molecule has 0 atom stereocenters. The number of likely N-dealkylation sites (N-methyl/N-ethyl adjacent to an activating group) is 1. The number of carbonyl (C=O) groups is 1. The van der Waals surface area contributed by atoms with Gasteiger partial charge in [0.1, 0.15) is 0 Å². The fraction of sp³-hybridized carbons (Fsp3) is 0.647. The molecular weight excluding hydrogens is 361 g/mol. The summed E-state index contributed by atoms with van der Waals surface area (Å²) in [5.41, 5.74) is 0.775. The highest BCUT2D eigenvalue weighted by Crippen LogP contribution is 2.27. The molecule has 3 heterocycles. The Bertz CT molecular complexity index is 517. The Labute approximate surface area is 162 Å². The molecule has 25 heavy (non-hydrogen) atoms. The van der Waals surface area contributed by atoms with Crippen LogP contribution in [-0.2, 0) is 0 Å². The van der Waals surface area contributed by atoms with Crippen LogP contribution < -0.4 is 10.6 Å². The molecular formula is C17H29Cl2N5O. The van der Waals surface area contributed by atoms with Crippen LogP contribution >= 0.6 is 24.8 Å². The second-order valence-electron chi connectivity index (χ2n) is 6.68. The molecule has 1 aromatic heterocycles. The summed E-state index contributed by atoms with van der Waals surface area (Å²) in [6.45, 7) is 7.15. The number of piperazine rings is 1. The van der Waals surface area contributed by atoms with Crippen LogP contribution in [0.15, 0.2) is 24.5 Å². The Kier molecular flexibility index (Phi) is 9.10. The summed E-state index contributed by atoms with van der Waals surface area (Å²) in [4.78, 5) is 21.3. The molecule has 2 N–H and O–H groups in total. The number of aromatic nitrogens is 1. The van der Waals surface area contributed by atoms with Gasteiger partial charge in [-0.1, -0.05) is 0 Å². The first-order chi connectivity index (χ1) is 11.2. The van der Waals surface area contributed by atoms with Crippen molar-refractivity contribution < 1.29 is 4.79 Å². The molecule has 0 aromatic carbocycles. The average Bonchev–Trinajstić information content (AvgIpc) is 2.62. The van der Waals surface area contributed by atoms with Crippen molar-refractivity contribution in [3.63, 3.8) is 0 Å². The third-order valence-corrected chi connectivity index (χ3v) is 5.23. The van der Waals surface area contributed by atoms with E-state index in [1.54, 1.807) is 24.5 Å². The summed E-state index contributed by atoms with van der Waals surface area (Å²) in [6.07, 6.45) is 5.51. The van der Waals surface area contributed by atoms with Gasteiger partial charge in [-0.25, -0.2) is 0 Å². The number of rotatable bonds is 4. The molecule has 1 amide bonds. The summed E-state index contributed by atoms with van der Waals surface area (Å²) in [6, 6.07) is 3.53. The highest BCUT2D eigenvalue weighted by atomic mass is 35.5. The molecule has 6 nitrogen and oxygen atoms in total. The molecule has 0 unspecified atom stereocenters. The van der Waals surface area contributed by atoms with Crippen molar-refractivity contribution in [2.24, 2.45) is 0 Å². The second kappa shape index (κ2) is 10.3. The molecule has 2 fully saturated rings. The van der Waals surface area contributed by atoms with Gasteiger partial charge in [-0.3, -0.25) is 14.7 Å².